The van der Waals surface area contributed by atoms with Crippen molar-refractivity contribution in [3.8, 4) is 11.1 Å². The standard InChI is InChI=1S/C17H16N4O/c18-16-6-13-14-5-11(12-4-2-1-3-10(12)9-22)7-20-17(14)21-15(13)8-19-16/h1-5,7-8,16,22H,6,9,18H2,(H,20,21). The van der Waals surface area contributed by atoms with Crippen molar-refractivity contribution in [3.63, 3.8) is 0 Å². The van der Waals surface area contributed by atoms with E-state index in [1.165, 1.54) is 0 Å². The Bertz CT molecular complexity index is 881. The van der Waals surface area contributed by atoms with Gasteiger partial charge in [0.25, 0.3) is 0 Å². The Balaban J connectivity index is 1.91. The number of hydrogen-bond acceptors (Lipinski definition) is 4. The van der Waals surface area contributed by atoms with Crippen molar-refractivity contribution < 1.29 is 5.11 Å². The number of nitrogens with two attached hydrogens (primary N) is 1. The Hall–Kier alpha value is -2.50. The van der Waals surface area contributed by atoms with Gasteiger partial charge >= 0.3 is 0 Å². The molecular weight excluding hydrogens is 276 g/mol. The van der Waals surface area contributed by atoms with E-state index in [0.29, 0.717) is 6.42 Å². The van der Waals surface area contributed by atoms with Crippen molar-refractivity contribution >= 4 is 17.2 Å². The number of nitrogens with one attached hydrogen (secondary N) is 1. The maximum atomic E-state index is 9.52. The number of H-pyrrole nitrogens is 1. The Morgan fingerprint density at radius 2 is 2.18 bits per heavy atom. The van der Waals surface area contributed by atoms with Crippen LogP contribution in [-0.4, -0.2) is 27.5 Å². The minimum absolute atomic E-state index is 0.0109. The van der Waals surface area contributed by atoms with Gasteiger partial charge < -0.3 is 15.8 Å². The lowest BCUT2D eigenvalue weighted by atomic mass is 9.99. The molecule has 5 nitrogen and oxygen atoms in total. The van der Waals surface area contributed by atoms with Crippen LogP contribution in [0.4, 0.5) is 0 Å². The first-order valence-electron chi connectivity index (χ1n) is 7.25. The average molecular weight is 292 g/mol. The Kier molecular flexibility index (Phi) is 3.03. The third-order valence-electron chi connectivity index (χ3n) is 4.10. The highest BCUT2D eigenvalue weighted by atomic mass is 16.3. The third kappa shape index (κ3) is 2.03. The number of aliphatic hydroxyl groups is 1. The van der Waals surface area contributed by atoms with Gasteiger partial charge in [0.15, 0.2) is 0 Å². The summed E-state index contributed by atoms with van der Waals surface area (Å²) in [5.41, 5.74) is 11.8. The van der Waals surface area contributed by atoms with Gasteiger partial charge in [-0.2, -0.15) is 0 Å². The molecule has 110 valence electrons. The van der Waals surface area contributed by atoms with Gasteiger partial charge in [-0.15, -0.1) is 0 Å². The van der Waals surface area contributed by atoms with E-state index < -0.39 is 0 Å². The quantitative estimate of drug-likeness (QED) is 0.675. The summed E-state index contributed by atoms with van der Waals surface area (Å²) in [6.45, 7) is 0.0109. The van der Waals surface area contributed by atoms with E-state index in [-0.39, 0.29) is 12.8 Å². The van der Waals surface area contributed by atoms with Crippen molar-refractivity contribution in [2.75, 3.05) is 0 Å². The second-order valence-corrected chi connectivity index (χ2v) is 5.50. The molecule has 1 aromatic carbocycles. The highest BCUT2D eigenvalue weighted by molar-refractivity contribution is 5.95. The predicted molar refractivity (Wildman–Crippen MR) is 86.7 cm³/mol. The molecule has 0 spiro atoms. The van der Waals surface area contributed by atoms with Crippen LogP contribution >= 0.6 is 0 Å². The van der Waals surface area contributed by atoms with Gasteiger partial charge in [0.1, 0.15) is 11.8 Å². The molecule has 0 fully saturated rings. The second kappa shape index (κ2) is 5.05. The molecule has 3 aromatic rings. The molecule has 0 radical (unpaired) electrons. The molecular formula is C17H16N4O. The van der Waals surface area contributed by atoms with Crippen molar-refractivity contribution in [1.29, 1.82) is 0 Å². The summed E-state index contributed by atoms with van der Waals surface area (Å²) < 4.78 is 0. The summed E-state index contributed by atoms with van der Waals surface area (Å²) in [7, 11) is 0. The van der Waals surface area contributed by atoms with E-state index in [9.17, 15) is 5.11 Å². The van der Waals surface area contributed by atoms with Gasteiger partial charge in [-0.3, -0.25) is 4.99 Å². The average Bonchev–Trinajstić information content (AvgIpc) is 2.92. The second-order valence-electron chi connectivity index (χ2n) is 5.50. The molecule has 1 aliphatic heterocycles. The van der Waals surface area contributed by atoms with Crippen molar-refractivity contribution in [3.05, 3.63) is 53.3 Å². The Labute approximate surface area is 127 Å². The number of rotatable bonds is 2. The first-order valence-corrected chi connectivity index (χ1v) is 7.25. The minimum atomic E-state index is -0.195. The van der Waals surface area contributed by atoms with E-state index in [2.05, 4.69) is 21.0 Å². The van der Waals surface area contributed by atoms with Crippen LogP contribution in [0.2, 0.25) is 0 Å². The SMILES string of the molecule is NC1Cc2c([nH]c3ncc(-c4ccccc4CO)cc23)C=N1. The van der Waals surface area contributed by atoms with Crippen molar-refractivity contribution in [1.82, 2.24) is 9.97 Å². The van der Waals surface area contributed by atoms with Gasteiger partial charge in [-0.25, -0.2) is 4.98 Å². The Morgan fingerprint density at radius 3 is 3.05 bits per heavy atom. The van der Waals surface area contributed by atoms with E-state index in [1.54, 1.807) is 6.21 Å². The predicted octanol–water partition coefficient (Wildman–Crippen LogP) is 1.98. The minimum Gasteiger partial charge on any atom is -0.392 e. The van der Waals surface area contributed by atoms with Gasteiger partial charge in [0.05, 0.1) is 12.3 Å². The lowest BCUT2D eigenvalue weighted by Crippen LogP contribution is -2.23. The normalized spacial score (nSPS) is 16.9. The molecule has 4 N–H and O–H groups in total. The van der Waals surface area contributed by atoms with Crippen molar-refractivity contribution in [2.24, 2.45) is 10.7 Å². The van der Waals surface area contributed by atoms with E-state index in [0.717, 1.165) is 39.0 Å². The third-order valence-corrected chi connectivity index (χ3v) is 4.10. The van der Waals surface area contributed by atoms with Crippen LogP contribution in [-0.2, 0) is 13.0 Å². The summed E-state index contributed by atoms with van der Waals surface area (Å²) in [4.78, 5) is 12.0. The van der Waals surface area contributed by atoms with Crippen molar-refractivity contribution in [2.45, 2.75) is 19.2 Å². The zero-order valence-corrected chi connectivity index (χ0v) is 12.0. The number of aromatic amines is 1. The summed E-state index contributed by atoms with van der Waals surface area (Å²) >= 11 is 0. The van der Waals surface area contributed by atoms with E-state index >= 15 is 0 Å². The fraction of sp³-hybridized carbons (Fsp3) is 0.176. The molecule has 0 aliphatic carbocycles. The van der Waals surface area contributed by atoms with E-state index in [4.69, 9.17) is 5.73 Å². The summed E-state index contributed by atoms with van der Waals surface area (Å²) in [5.74, 6) is 0. The smallest absolute Gasteiger partial charge is 0.138 e. The lowest BCUT2D eigenvalue weighted by Gasteiger charge is -2.12. The molecule has 1 unspecified atom stereocenters. The van der Waals surface area contributed by atoms with Gasteiger partial charge in [-0.1, -0.05) is 24.3 Å². The topological polar surface area (TPSA) is 87.3 Å². The Morgan fingerprint density at radius 1 is 1.32 bits per heavy atom. The fourth-order valence-electron chi connectivity index (χ4n) is 2.99. The molecule has 1 aliphatic rings. The summed E-state index contributed by atoms with van der Waals surface area (Å²) in [6.07, 6.45) is 4.13. The first-order chi connectivity index (χ1) is 10.8. The monoisotopic (exact) mass is 292 g/mol. The van der Waals surface area contributed by atoms with Crippen LogP contribution in [0.25, 0.3) is 22.2 Å². The van der Waals surface area contributed by atoms with Crippen LogP contribution in [0, 0.1) is 0 Å². The summed E-state index contributed by atoms with van der Waals surface area (Å²) in [6, 6.07) is 9.93. The maximum absolute atomic E-state index is 9.52. The van der Waals surface area contributed by atoms with Gasteiger partial charge in [0.2, 0.25) is 0 Å². The van der Waals surface area contributed by atoms with Crippen LogP contribution in [0.5, 0.6) is 0 Å². The molecule has 0 saturated carbocycles. The zero-order valence-electron chi connectivity index (χ0n) is 12.0. The summed E-state index contributed by atoms with van der Waals surface area (Å²) in [5, 5.41) is 10.6. The first kappa shape index (κ1) is 13.2. The zero-order chi connectivity index (χ0) is 15.1. The number of pyridine rings is 1. The van der Waals surface area contributed by atoms with Crippen LogP contribution in [0.1, 0.15) is 16.8 Å². The molecule has 1 atom stereocenters. The number of benzene rings is 1. The molecule has 0 bridgehead atoms. The highest BCUT2D eigenvalue weighted by Gasteiger charge is 2.18. The van der Waals surface area contributed by atoms with Crippen LogP contribution in [0.3, 0.4) is 0 Å². The molecule has 5 heteroatoms. The van der Waals surface area contributed by atoms with Crippen LogP contribution in [0.15, 0.2) is 41.5 Å². The molecule has 3 heterocycles. The van der Waals surface area contributed by atoms with E-state index in [1.807, 2.05) is 30.5 Å². The maximum Gasteiger partial charge on any atom is 0.138 e. The number of aliphatic hydroxyl groups excluding tert-OH is 1. The lowest BCUT2D eigenvalue weighted by molar-refractivity contribution is 0.282. The number of hydrogen-bond donors (Lipinski definition) is 3. The number of fused-ring (bicyclic) bond motifs is 3. The van der Waals surface area contributed by atoms with Gasteiger partial charge in [-0.05, 0) is 22.8 Å². The van der Waals surface area contributed by atoms with Crippen LogP contribution < -0.4 is 5.73 Å². The number of aromatic nitrogens is 2. The molecule has 0 amide bonds. The largest absolute Gasteiger partial charge is 0.392 e. The molecule has 4 rings (SSSR count). The van der Waals surface area contributed by atoms with Gasteiger partial charge in [0, 0.05) is 29.8 Å². The number of aliphatic imine (C=N–C) groups is 1. The molecule has 2 aromatic heterocycles. The molecule has 0 saturated heterocycles. The fourth-order valence-corrected chi connectivity index (χ4v) is 2.99. The molecule has 22 heavy (non-hydrogen) atoms. The highest BCUT2D eigenvalue weighted by Crippen LogP contribution is 2.30. The number of nitrogens with zero attached hydrogens (tertiary/aromatic N) is 2.